The average Bonchev–Trinajstić information content (AvgIpc) is 2.66. The lowest BCUT2D eigenvalue weighted by Crippen LogP contribution is -2.41. The molecule has 23 heavy (non-hydrogen) atoms. The van der Waals surface area contributed by atoms with Crippen LogP contribution in [0.4, 0.5) is 0 Å². The van der Waals surface area contributed by atoms with Gasteiger partial charge in [0.2, 0.25) is 0 Å². The molecule has 2 aliphatic rings. The smallest absolute Gasteiger partial charge is 0.398 e. The highest BCUT2D eigenvalue weighted by atomic mass is 16.7. The van der Waals surface area contributed by atoms with Crippen molar-refractivity contribution in [3.8, 4) is 0 Å². The first-order chi connectivity index (χ1) is 10.7. The van der Waals surface area contributed by atoms with Crippen molar-refractivity contribution in [1.82, 2.24) is 9.97 Å². The van der Waals surface area contributed by atoms with E-state index in [2.05, 4.69) is 16.9 Å². The molecule has 0 aromatic carbocycles. The van der Waals surface area contributed by atoms with Gasteiger partial charge >= 0.3 is 7.12 Å². The minimum atomic E-state index is -0.580. The van der Waals surface area contributed by atoms with Gasteiger partial charge in [0.1, 0.15) is 5.69 Å². The summed E-state index contributed by atoms with van der Waals surface area (Å²) in [5.74, 6) is 1.31. The van der Waals surface area contributed by atoms with Crippen molar-refractivity contribution in [2.75, 3.05) is 0 Å². The zero-order valence-electron chi connectivity index (χ0n) is 14.6. The largest absolute Gasteiger partial charge is 0.516 e. The fourth-order valence-corrected chi connectivity index (χ4v) is 3.20. The lowest BCUT2D eigenvalue weighted by Gasteiger charge is -2.32. The molecule has 0 unspecified atom stereocenters. The fraction of sp³-hybridized carbons (Fsp3) is 0.706. The molecule has 124 valence electrons. The molecular weight excluding hydrogens is 291 g/mol. The summed E-state index contributed by atoms with van der Waals surface area (Å²) in [4.78, 5) is 21.0. The number of ketones is 1. The Balaban J connectivity index is 1.72. The Labute approximate surface area is 138 Å². The van der Waals surface area contributed by atoms with Gasteiger partial charge in [-0.05, 0) is 52.4 Å². The molecule has 1 aliphatic carbocycles. The number of Topliss-reactive ketones (excluding diaryl/α,β-unsaturated/α-hetero) is 1. The Bertz CT molecular complexity index is 596. The predicted octanol–water partition coefficient (Wildman–Crippen LogP) is 2.39. The van der Waals surface area contributed by atoms with E-state index in [-0.39, 0.29) is 5.78 Å². The molecule has 3 rings (SSSR count). The molecule has 2 fully saturated rings. The van der Waals surface area contributed by atoms with Gasteiger partial charge in [-0.15, -0.1) is 0 Å². The van der Waals surface area contributed by atoms with Crippen molar-refractivity contribution < 1.29 is 14.1 Å². The molecule has 1 aliphatic heterocycles. The average molecular weight is 316 g/mol. The minimum absolute atomic E-state index is 0.0627. The molecule has 0 N–H and O–H groups in total. The lowest BCUT2D eigenvalue weighted by atomic mass is 9.73. The van der Waals surface area contributed by atoms with E-state index >= 15 is 0 Å². The molecule has 0 spiro atoms. The summed E-state index contributed by atoms with van der Waals surface area (Å²) in [7, 11) is -0.580. The zero-order valence-corrected chi connectivity index (χ0v) is 14.6. The number of rotatable bonds is 4. The number of hydrogen-bond donors (Lipinski definition) is 0. The third-order valence-corrected chi connectivity index (χ3v) is 5.38. The molecule has 1 saturated heterocycles. The summed E-state index contributed by atoms with van der Waals surface area (Å²) in [6.45, 7) is 10.2. The van der Waals surface area contributed by atoms with Crippen LogP contribution in [0, 0.1) is 11.8 Å². The van der Waals surface area contributed by atoms with Crippen LogP contribution in [0.5, 0.6) is 0 Å². The van der Waals surface area contributed by atoms with Crippen LogP contribution in [-0.4, -0.2) is 34.1 Å². The van der Waals surface area contributed by atoms with Crippen LogP contribution in [-0.2, 0) is 9.31 Å². The Hall–Kier alpha value is -1.27. The van der Waals surface area contributed by atoms with Gasteiger partial charge in [0, 0.05) is 12.6 Å². The SMILES string of the molecule is CC1CC(CC(=O)c2cncc(B3OC(C)(C)C(C)(C)O3)n2)C1. The van der Waals surface area contributed by atoms with Gasteiger partial charge < -0.3 is 9.31 Å². The highest BCUT2D eigenvalue weighted by molar-refractivity contribution is 6.61. The summed E-state index contributed by atoms with van der Waals surface area (Å²) in [6.07, 6.45) is 5.99. The van der Waals surface area contributed by atoms with Crippen LogP contribution in [0.2, 0.25) is 0 Å². The van der Waals surface area contributed by atoms with Crippen LogP contribution >= 0.6 is 0 Å². The van der Waals surface area contributed by atoms with E-state index in [0.717, 1.165) is 18.8 Å². The topological polar surface area (TPSA) is 61.3 Å². The molecule has 1 saturated carbocycles. The van der Waals surface area contributed by atoms with Crippen molar-refractivity contribution in [2.24, 2.45) is 11.8 Å². The molecule has 0 radical (unpaired) electrons. The van der Waals surface area contributed by atoms with Gasteiger partial charge in [0.15, 0.2) is 5.78 Å². The van der Waals surface area contributed by atoms with Crippen LogP contribution in [0.1, 0.15) is 64.4 Å². The first kappa shape index (κ1) is 16.6. The Morgan fingerprint density at radius 2 is 1.83 bits per heavy atom. The Morgan fingerprint density at radius 3 is 2.39 bits per heavy atom. The normalized spacial score (nSPS) is 28.5. The van der Waals surface area contributed by atoms with Crippen LogP contribution in [0.15, 0.2) is 12.4 Å². The van der Waals surface area contributed by atoms with E-state index < -0.39 is 18.3 Å². The highest BCUT2D eigenvalue weighted by Crippen LogP contribution is 2.37. The van der Waals surface area contributed by atoms with Gasteiger partial charge in [-0.1, -0.05) is 6.92 Å². The van der Waals surface area contributed by atoms with Crippen molar-refractivity contribution in [2.45, 2.75) is 65.1 Å². The second-order valence-corrected chi connectivity index (χ2v) is 7.99. The quantitative estimate of drug-likeness (QED) is 0.630. The fourth-order valence-electron chi connectivity index (χ4n) is 3.20. The summed E-state index contributed by atoms with van der Waals surface area (Å²) >= 11 is 0. The summed E-state index contributed by atoms with van der Waals surface area (Å²) in [5, 5.41) is 0. The van der Waals surface area contributed by atoms with Gasteiger partial charge in [0.25, 0.3) is 0 Å². The van der Waals surface area contributed by atoms with Crippen molar-refractivity contribution in [3.63, 3.8) is 0 Å². The number of aromatic nitrogens is 2. The van der Waals surface area contributed by atoms with Gasteiger partial charge in [-0.25, -0.2) is 0 Å². The Morgan fingerprint density at radius 1 is 1.22 bits per heavy atom. The first-order valence-electron chi connectivity index (χ1n) is 8.39. The maximum atomic E-state index is 12.4. The summed E-state index contributed by atoms with van der Waals surface area (Å²) in [5.41, 5.74) is 0.122. The summed E-state index contributed by atoms with van der Waals surface area (Å²) < 4.78 is 12.0. The third kappa shape index (κ3) is 3.19. The summed E-state index contributed by atoms with van der Waals surface area (Å²) in [6, 6.07) is 0. The molecule has 5 nitrogen and oxygen atoms in total. The van der Waals surface area contributed by atoms with Crippen molar-refractivity contribution >= 4 is 18.5 Å². The van der Waals surface area contributed by atoms with E-state index in [9.17, 15) is 4.79 Å². The zero-order chi connectivity index (χ0) is 16.8. The molecule has 0 bridgehead atoms. The van der Waals surface area contributed by atoms with Gasteiger partial charge in [0.05, 0.1) is 23.0 Å². The lowest BCUT2D eigenvalue weighted by molar-refractivity contribution is 0.00578. The maximum Gasteiger partial charge on any atom is 0.516 e. The standard InChI is InChI=1S/C17H25BN2O3/c1-11-6-12(7-11)8-14(21)13-9-19-10-15(20-13)18-22-16(2,3)17(4,5)23-18/h9-12H,6-8H2,1-5H3. The number of carbonyl (C=O) groups is 1. The van der Waals surface area contributed by atoms with E-state index in [0.29, 0.717) is 23.6 Å². The van der Waals surface area contributed by atoms with E-state index in [1.807, 2.05) is 27.7 Å². The van der Waals surface area contributed by atoms with Crippen molar-refractivity contribution in [1.29, 1.82) is 0 Å². The molecule has 1 aromatic rings. The van der Waals surface area contributed by atoms with E-state index in [1.54, 1.807) is 12.4 Å². The molecule has 0 atom stereocenters. The first-order valence-corrected chi connectivity index (χ1v) is 8.39. The monoisotopic (exact) mass is 316 g/mol. The van der Waals surface area contributed by atoms with E-state index in [4.69, 9.17) is 9.31 Å². The molecule has 6 heteroatoms. The maximum absolute atomic E-state index is 12.4. The van der Waals surface area contributed by atoms with Gasteiger partial charge in [-0.2, -0.15) is 0 Å². The second-order valence-electron chi connectivity index (χ2n) is 7.99. The second kappa shape index (κ2) is 5.67. The molecular formula is C17H25BN2O3. The van der Waals surface area contributed by atoms with Gasteiger partial charge in [-0.3, -0.25) is 14.8 Å². The molecule has 1 aromatic heterocycles. The minimum Gasteiger partial charge on any atom is -0.398 e. The highest BCUT2D eigenvalue weighted by Gasteiger charge is 2.52. The molecule has 0 amide bonds. The number of hydrogen-bond acceptors (Lipinski definition) is 5. The third-order valence-electron chi connectivity index (χ3n) is 5.38. The van der Waals surface area contributed by atoms with Crippen LogP contribution < -0.4 is 5.59 Å². The Kier molecular flexibility index (Phi) is 4.09. The number of carbonyl (C=O) groups excluding carboxylic acids is 1. The molecule has 2 heterocycles. The number of nitrogens with zero attached hydrogens (tertiary/aromatic N) is 2. The van der Waals surface area contributed by atoms with Crippen molar-refractivity contribution in [3.05, 3.63) is 18.1 Å². The van der Waals surface area contributed by atoms with Crippen LogP contribution in [0.3, 0.4) is 0 Å². The van der Waals surface area contributed by atoms with E-state index in [1.165, 1.54) is 0 Å². The predicted molar refractivity (Wildman–Crippen MR) is 88.6 cm³/mol. The van der Waals surface area contributed by atoms with Crippen LogP contribution in [0.25, 0.3) is 0 Å².